The van der Waals surface area contributed by atoms with E-state index in [0.29, 0.717) is 12.8 Å². The first kappa shape index (κ1) is 13.5. The molecule has 1 aliphatic carbocycles. The number of carbonyl (C=O) groups is 1. The maximum absolute atomic E-state index is 12.3. The Morgan fingerprint density at radius 2 is 1.81 bits per heavy atom. The smallest absolute Gasteiger partial charge is 0.326 e. The maximum Gasteiger partial charge on any atom is 0.326 e. The zero-order valence-electron chi connectivity index (χ0n) is 10.2. The van der Waals surface area contributed by atoms with Gasteiger partial charge in [-0.2, -0.15) is 0 Å². The fourth-order valence-corrected chi connectivity index (χ4v) is 4.11. The highest BCUT2D eigenvalue weighted by atomic mass is 32.2. The summed E-state index contributed by atoms with van der Waals surface area (Å²) in [7, 11) is -3.43. The monoisotopic (exact) mass is 248 g/mol. The van der Waals surface area contributed by atoms with Gasteiger partial charge < -0.3 is 4.74 Å². The lowest BCUT2D eigenvalue weighted by Crippen LogP contribution is -2.46. The lowest BCUT2D eigenvalue weighted by molar-refractivity contribution is -0.145. The third-order valence-corrected chi connectivity index (χ3v) is 6.16. The standard InChI is InChI=1S/C11H20O4S/c1-4-15-10(12)11(2,3)16(13,14)9-7-5-6-8-9/h9H,4-8H2,1-3H3. The summed E-state index contributed by atoms with van der Waals surface area (Å²) in [6.45, 7) is 4.77. The van der Waals surface area contributed by atoms with E-state index in [1.165, 1.54) is 13.8 Å². The van der Waals surface area contributed by atoms with E-state index < -0.39 is 20.6 Å². The van der Waals surface area contributed by atoms with Gasteiger partial charge in [-0.25, -0.2) is 8.42 Å². The van der Waals surface area contributed by atoms with Crippen molar-refractivity contribution in [3.8, 4) is 0 Å². The second kappa shape index (κ2) is 4.73. The maximum atomic E-state index is 12.3. The predicted octanol–water partition coefficient (Wildman–Crippen LogP) is 1.69. The molecule has 4 nitrogen and oxygen atoms in total. The number of sulfone groups is 1. The van der Waals surface area contributed by atoms with Crippen LogP contribution in [-0.4, -0.2) is 31.0 Å². The zero-order chi connectivity index (χ0) is 12.4. The van der Waals surface area contributed by atoms with E-state index in [4.69, 9.17) is 4.74 Å². The molecule has 0 aromatic carbocycles. The number of esters is 1. The van der Waals surface area contributed by atoms with Crippen molar-refractivity contribution in [2.24, 2.45) is 0 Å². The average molecular weight is 248 g/mol. The van der Waals surface area contributed by atoms with E-state index in [1.54, 1.807) is 6.92 Å². The molecular formula is C11H20O4S. The Morgan fingerprint density at radius 3 is 2.25 bits per heavy atom. The molecule has 5 heteroatoms. The van der Waals surface area contributed by atoms with Crippen LogP contribution >= 0.6 is 0 Å². The summed E-state index contributed by atoms with van der Waals surface area (Å²) < 4.78 is 28.0. The number of hydrogen-bond acceptors (Lipinski definition) is 4. The zero-order valence-corrected chi connectivity index (χ0v) is 11.0. The van der Waals surface area contributed by atoms with Gasteiger partial charge in [0.2, 0.25) is 0 Å². The normalized spacial score (nSPS) is 18.7. The van der Waals surface area contributed by atoms with Crippen LogP contribution in [-0.2, 0) is 19.4 Å². The number of rotatable bonds is 4. The topological polar surface area (TPSA) is 60.4 Å². The van der Waals surface area contributed by atoms with Crippen LogP contribution in [0.1, 0.15) is 46.5 Å². The molecule has 0 N–H and O–H groups in total. The van der Waals surface area contributed by atoms with Crippen molar-refractivity contribution in [3.63, 3.8) is 0 Å². The summed E-state index contributed by atoms with van der Waals surface area (Å²) in [4.78, 5) is 11.7. The minimum atomic E-state index is -3.43. The van der Waals surface area contributed by atoms with Gasteiger partial charge in [0.25, 0.3) is 0 Å². The molecule has 0 atom stereocenters. The van der Waals surface area contributed by atoms with Gasteiger partial charge in [0.05, 0.1) is 11.9 Å². The van der Waals surface area contributed by atoms with Crippen LogP contribution < -0.4 is 0 Å². The summed E-state index contributed by atoms with van der Waals surface area (Å²) >= 11 is 0. The van der Waals surface area contributed by atoms with Crippen molar-refractivity contribution in [1.29, 1.82) is 0 Å². The first-order valence-corrected chi connectivity index (χ1v) is 7.29. The molecule has 16 heavy (non-hydrogen) atoms. The average Bonchev–Trinajstić information content (AvgIpc) is 2.70. The highest BCUT2D eigenvalue weighted by Gasteiger charge is 2.47. The molecule has 1 saturated carbocycles. The van der Waals surface area contributed by atoms with Crippen molar-refractivity contribution in [2.75, 3.05) is 6.61 Å². The molecular weight excluding hydrogens is 228 g/mol. The van der Waals surface area contributed by atoms with Crippen LogP contribution in [0.5, 0.6) is 0 Å². The highest BCUT2D eigenvalue weighted by molar-refractivity contribution is 7.94. The first-order valence-electron chi connectivity index (χ1n) is 5.74. The molecule has 0 saturated heterocycles. The van der Waals surface area contributed by atoms with Gasteiger partial charge in [-0.1, -0.05) is 12.8 Å². The van der Waals surface area contributed by atoms with Crippen molar-refractivity contribution in [2.45, 2.75) is 56.5 Å². The van der Waals surface area contributed by atoms with Gasteiger partial charge in [-0.15, -0.1) is 0 Å². The molecule has 0 spiro atoms. The third-order valence-electron chi connectivity index (χ3n) is 3.22. The van der Waals surface area contributed by atoms with E-state index in [-0.39, 0.29) is 11.9 Å². The van der Waals surface area contributed by atoms with Crippen LogP contribution in [0.2, 0.25) is 0 Å². The Kier molecular flexibility index (Phi) is 3.99. The van der Waals surface area contributed by atoms with E-state index in [1.807, 2.05) is 0 Å². The minimum absolute atomic E-state index is 0.211. The minimum Gasteiger partial charge on any atom is -0.465 e. The largest absolute Gasteiger partial charge is 0.465 e. The van der Waals surface area contributed by atoms with Crippen molar-refractivity contribution >= 4 is 15.8 Å². The molecule has 0 aliphatic heterocycles. The van der Waals surface area contributed by atoms with Crippen molar-refractivity contribution in [3.05, 3.63) is 0 Å². The fraction of sp³-hybridized carbons (Fsp3) is 0.909. The molecule has 0 amide bonds. The Balaban J connectivity index is 2.92. The number of ether oxygens (including phenoxy) is 1. The van der Waals surface area contributed by atoms with E-state index in [9.17, 15) is 13.2 Å². The molecule has 0 aromatic heterocycles. The van der Waals surface area contributed by atoms with Gasteiger partial charge in [0, 0.05) is 0 Å². The van der Waals surface area contributed by atoms with Gasteiger partial charge in [0.1, 0.15) is 0 Å². The molecule has 0 heterocycles. The van der Waals surface area contributed by atoms with E-state index in [0.717, 1.165) is 12.8 Å². The van der Waals surface area contributed by atoms with Crippen LogP contribution in [0.15, 0.2) is 0 Å². The summed E-state index contributed by atoms with van der Waals surface area (Å²) in [6.07, 6.45) is 3.21. The molecule has 0 bridgehead atoms. The SMILES string of the molecule is CCOC(=O)C(C)(C)S(=O)(=O)C1CCCC1. The molecule has 0 aromatic rings. The summed E-state index contributed by atoms with van der Waals surface area (Å²) in [5.41, 5.74) is 0. The Morgan fingerprint density at radius 1 is 1.31 bits per heavy atom. The van der Waals surface area contributed by atoms with Crippen molar-refractivity contribution in [1.82, 2.24) is 0 Å². The van der Waals surface area contributed by atoms with Crippen LogP contribution in [0.4, 0.5) is 0 Å². The van der Waals surface area contributed by atoms with E-state index in [2.05, 4.69) is 0 Å². The van der Waals surface area contributed by atoms with Crippen molar-refractivity contribution < 1.29 is 17.9 Å². The Hall–Kier alpha value is -0.580. The predicted molar refractivity (Wildman–Crippen MR) is 61.9 cm³/mol. The van der Waals surface area contributed by atoms with Gasteiger partial charge in [-0.05, 0) is 33.6 Å². The molecule has 1 rings (SSSR count). The quantitative estimate of drug-likeness (QED) is 0.710. The highest BCUT2D eigenvalue weighted by Crippen LogP contribution is 2.32. The van der Waals surface area contributed by atoms with Crippen LogP contribution in [0.3, 0.4) is 0 Å². The lowest BCUT2D eigenvalue weighted by atomic mass is 10.2. The lowest BCUT2D eigenvalue weighted by Gasteiger charge is -2.26. The van der Waals surface area contributed by atoms with Gasteiger partial charge >= 0.3 is 5.97 Å². The van der Waals surface area contributed by atoms with Crippen LogP contribution in [0, 0.1) is 0 Å². The van der Waals surface area contributed by atoms with Gasteiger partial charge in [0.15, 0.2) is 14.6 Å². The summed E-state index contributed by atoms with van der Waals surface area (Å²) in [6, 6.07) is 0. The number of carbonyl (C=O) groups excluding carboxylic acids is 1. The fourth-order valence-electron chi connectivity index (χ4n) is 2.04. The first-order chi connectivity index (χ1) is 7.34. The Bertz CT molecular complexity index is 350. The second-order valence-electron chi connectivity index (χ2n) is 4.68. The van der Waals surface area contributed by atoms with E-state index >= 15 is 0 Å². The third kappa shape index (κ3) is 2.24. The van der Waals surface area contributed by atoms with Crippen LogP contribution in [0.25, 0.3) is 0 Å². The number of hydrogen-bond donors (Lipinski definition) is 0. The Labute approximate surface area is 97.3 Å². The summed E-state index contributed by atoms with van der Waals surface area (Å²) in [5.74, 6) is -0.637. The molecule has 0 unspecified atom stereocenters. The molecule has 1 fully saturated rings. The molecule has 1 aliphatic rings. The van der Waals surface area contributed by atoms with Gasteiger partial charge in [-0.3, -0.25) is 4.79 Å². The molecule has 94 valence electrons. The molecule has 0 radical (unpaired) electrons. The second-order valence-corrected chi connectivity index (χ2v) is 7.46. The summed E-state index contributed by atoms with van der Waals surface area (Å²) in [5, 5.41) is -0.369.